The fourth-order valence-electron chi connectivity index (χ4n) is 2.16. The summed E-state index contributed by atoms with van der Waals surface area (Å²) in [7, 11) is 0. The lowest BCUT2D eigenvalue weighted by molar-refractivity contribution is 0.622. The minimum absolute atomic E-state index is 0.377. The van der Waals surface area contributed by atoms with Crippen molar-refractivity contribution in [3.8, 4) is 22.5 Å². The van der Waals surface area contributed by atoms with E-state index in [9.17, 15) is 4.39 Å². The van der Waals surface area contributed by atoms with Crippen molar-refractivity contribution in [3.63, 3.8) is 0 Å². The molecule has 5 heteroatoms. The van der Waals surface area contributed by atoms with E-state index in [1.54, 1.807) is 6.07 Å². The standard InChI is InChI=1S/C15H13FN4/c1-9-3-2-4-10(7-9)13-14(19-20-15(13)17)12-6-5-11(16)8-18-12/h2-8H,1H3,(H3,17,19,20). The van der Waals surface area contributed by atoms with Gasteiger partial charge in [0.05, 0.1) is 23.1 Å². The van der Waals surface area contributed by atoms with Gasteiger partial charge in [0.1, 0.15) is 5.82 Å². The zero-order valence-corrected chi connectivity index (χ0v) is 10.9. The number of nitrogens with two attached hydrogens (primary N) is 1. The molecule has 0 radical (unpaired) electrons. The maximum Gasteiger partial charge on any atom is 0.153 e. The van der Waals surface area contributed by atoms with Crippen LogP contribution in [0, 0.1) is 12.7 Å². The molecule has 0 saturated heterocycles. The van der Waals surface area contributed by atoms with E-state index in [2.05, 4.69) is 15.2 Å². The van der Waals surface area contributed by atoms with E-state index < -0.39 is 0 Å². The Hall–Kier alpha value is -2.69. The molecule has 4 nitrogen and oxygen atoms in total. The zero-order valence-electron chi connectivity index (χ0n) is 10.9. The molecule has 0 fully saturated rings. The van der Waals surface area contributed by atoms with E-state index in [0.717, 1.165) is 16.7 Å². The van der Waals surface area contributed by atoms with Crippen molar-refractivity contribution in [2.75, 3.05) is 5.73 Å². The number of nitrogens with zero attached hydrogens (tertiary/aromatic N) is 2. The maximum atomic E-state index is 13.0. The van der Waals surface area contributed by atoms with Crippen LogP contribution in [0.5, 0.6) is 0 Å². The number of nitrogens with one attached hydrogen (secondary N) is 1. The van der Waals surface area contributed by atoms with Gasteiger partial charge < -0.3 is 5.73 Å². The van der Waals surface area contributed by atoms with Crippen molar-refractivity contribution in [3.05, 3.63) is 54.0 Å². The molecule has 20 heavy (non-hydrogen) atoms. The molecule has 3 N–H and O–H groups in total. The summed E-state index contributed by atoms with van der Waals surface area (Å²) in [4.78, 5) is 4.07. The number of H-pyrrole nitrogens is 1. The fraction of sp³-hybridized carbons (Fsp3) is 0.0667. The Morgan fingerprint density at radius 1 is 1.20 bits per heavy atom. The Morgan fingerprint density at radius 3 is 2.75 bits per heavy atom. The SMILES string of the molecule is Cc1cccc(-c2c(N)n[nH]c2-c2ccc(F)cn2)c1. The molecule has 1 aromatic carbocycles. The van der Waals surface area contributed by atoms with E-state index in [1.165, 1.54) is 12.3 Å². The highest BCUT2D eigenvalue weighted by atomic mass is 19.1. The van der Waals surface area contributed by atoms with Crippen LogP contribution in [0.1, 0.15) is 5.56 Å². The van der Waals surface area contributed by atoms with Gasteiger partial charge in [0.2, 0.25) is 0 Å². The van der Waals surface area contributed by atoms with Crippen molar-refractivity contribution in [2.24, 2.45) is 0 Å². The first-order valence-corrected chi connectivity index (χ1v) is 6.18. The normalized spacial score (nSPS) is 10.7. The van der Waals surface area contributed by atoms with E-state index in [1.807, 2.05) is 31.2 Å². The molecule has 100 valence electrons. The molecular formula is C15H13FN4. The highest BCUT2D eigenvalue weighted by molar-refractivity contribution is 5.86. The van der Waals surface area contributed by atoms with Crippen molar-refractivity contribution in [1.82, 2.24) is 15.2 Å². The molecule has 0 atom stereocenters. The Morgan fingerprint density at radius 2 is 2.05 bits per heavy atom. The van der Waals surface area contributed by atoms with E-state index in [4.69, 9.17) is 5.73 Å². The quantitative estimate of drug-likeness (QED) is 0.750. The molecule has 2 heterocycles. The van der Waals surface area contributed by atoms with Crippen molar-refractivity contribution in [2.45, 2.75) is 6.92 Å². The van der Waals surface area contributed by atoms with Crippen LogP contribution in [0.15, 0.2) is 42.6 Å². The summed E-state index contributed by atoms with van der Waals surface area (Å²) in [5, 5.41) is 6.91. The number of aromatic nitrogens is 3. The van der Waals surface area contributed by atoms with Gasteiger partial charge in [-0.25, -0.2) is 4.39 Å². The Kier molecular flexibility index (Phi) is 2.95. The van der Waals surface area contributed by atoms with Gasteiger partial charge in [-0.15, -0.1) is 0 Å². The van der Waals surface area contributed by atoms with Crippen LogP contribution in [0.4, 0.5) is 10.2 Å². The lowest BCUT2D eigenvalue weighted by atomic mass is 10.0. The lowest BCUT2D eigenvalue weighted by Gasteiger charge is -2.05. The van der Waals surface area contributed by atoms with Crippen LogP contribution in [0.25, 0.3) is 22.5 Å². The summed E-state index contributed by atoms with van der Waals surface area (Å²) in [5.41, 5.74) is 10.1. The minimum Gasteiger partial charge on any atom is -0.382 e. The summed E-state index contributed by atoms with van der Waals surface area (Å²) in [6, 6.07) is 10.9. The average molecular weight is 268 g/mol. The smallest absolute Gasteiger partial charge is 0.153 e. The highest BCUT2D eigenvalue weighted by Gasteiger charge is 2.15. The Bertz CT molecular complexity index is 747. The Balaban J connectivity index is 2.17. The number of aromatic amines is 1. The van der Waals surface area contributed by atoms with Crippen LogP contribution in [0.2, 0.25) is 0 Å². The highest BCUT2D eigenvalue weighted by Crippen LogP contribution is 2.33. The number of rotatable bonds is 2. The van der Waals surface area contributed by atoms with Crippen LogP contribution >= 0.6 is 0 Å². The molecule has 0 aliphatic heterocycles. The maximum absolute atomic E-state index is 13.0. The van der Waals surface area contributed by atoms with Crippen LogP contribution in [0.3, 0.4) is 0 Å². The number of aryl methyl sites for hydroxylation is 1. The number of anilines is 1. The van der Waals surface area contributed by atoms with E-state index in [-0.39, 0.29) is 5.82 Å². The third-order valence-electron chi connectivity index (χ3n) is 3.08. The molecule has 0 aliphatic carbocycles. The number of hydrogen-bond acceptors (Lipinski definition) is 3. The van der Waals surface area contributed by atoms with Crippen molar-refractivity contribution < 1.29 is 4.39 Å². The summed E-state index contributed by atoms with van der Waals surface area (Å²) in [6.07, 6.45) is 1.17. The second kappa shape index (κ2) is 4.77. The minimum atomic E-state index is -0.377. The molecular weight excluding hydrogens is 255 g/mol. The number of halogens is 1. The number of pyridine rings is 1. The molecule has 0 bridgehead atoms. The van der Waals surface area contributed by atoms with Crippen LogP contribution < -0.4 is 5.73 Å². The summed E-state index contributed by atoms with van der Waals surface area (Å²) >= 11 is 0. The third-order valence-corrected chi connectivity index (χ3v) is 3.08. The molecule has 0 unspecified atom stereocenters. The van der Waals surface area contributed by atoms with Gasteiger partial charge in [-0.3, -0.25) is 10.1 Å². The van der Waals surface area contributed by atoms with Gasteiger partial charge in [-0.2, -0.15) is 5.10 Å². The van der Waals surface area contributed by atoms with Gasteiger partial charge in [-0.05, 0) is 24.6 Å². The topological polar surface area (TPSA) is 67.6 Å². The molecule has 0 spiro atoms. The van der Waals surface area contributed by atoms with Gasteiger partial charge in [0.25, 0.3) is 0 Å². The number of benzene rings is 1. The summed E-state index contributed by atoms with van der Waals surface area (Å²) in [5.74, 6) is 0.0232. The fourth-order valence-corrected chi connectivity index (χ4v) is 2.16. The number of nitrogen functional groups attached to an aromatic ring is 1. The van der Waals surface area contributed by atoms with Crippen molar-refractivity contribution in [1.29, 1.82) is 0 Å². The van der Waals surface area contributed by atoms with Gasteiger partial charge in [0.15, 0.2) is 5.82 Å². The summed E-state index contributed by atoms with van der Waals surface area (Å²) < 4.78 is 13.0. The average Bonchev–Trinajstić information content (AvgIpc) is 2.81. The zero-order chi connectivity index (χ0) is 14.1. The second-order valence-corrected chi connectivity index (χ2v) is 4.59. The van der Waals surface area contributed by atoms with Gasteiger partial charge >= 0.3 is 0 Å². The molecule has 3 rings (SSSR count). The lowest BCUT2D eigenvalue weighted by Crippen LogP contribution is -1.90. The Labute approximate surface area is 115 Å². The predicted molar refractivity (Wildman–Crippen MR) is 76.4 cm³/mol. The van der Waals surface area contributed by atoms with Crippen LogP contribution in [-0.4, -0.2) is 15.2 Å². The second-order valence-electron chi connectivity index (χ2n) is 4.59. The summed E-state index contributed by atoms with van der Waals surface area (Å²) in [6.45, 7) is 2.01. The first-order chi connectivity index (χ1) is 9.65. The molecule has 3 aromatic rings. The van der Waals surface area contributed by atoms with Gasteiger partial charge in [0, 0.05) is 0 Å². The molecule has 0 amide bonds. The van der Waals surface area contributed by atoms with Crippen LogP contribution in [-0.2, 0) is 0 Å². The first-order valence-electron chi connectivity index (χ1n) is 6.18. The molecule has 0 saturated carbocycles. The third kappa shape index (κ3) is 2.14. The first kappa shape index (κ1) is 12.3. The van der Waals surface area contributed by atoms with E-state index in [0.29, 0.717) is 17.2 Å². The van der Waals surface area contributed by atoms with Gasteiger partial charge in [-0.1, -0.05) is 29.8 Å². The number of hydrogen-bond donors (Lipinski definition) is 2. The molecule has 0 aliphatic rings. The predicted octanol–water partition coefficient (Wildman–Crippen LogP) is 3.17. The van der Waals surface area contributed by atoms with Crippen molar-refractivity contribution >= 4 is 5.82 Å². The molecule has 2 aromatic heterocycles. The van der Waals surface area contributed by atoms with E-state index >= 15 is 0 Å². The largest absolute Gasteiger partial charge is 0.382 e. The monoisotopic (exact) mass is 268 g/mol.